The summed E-state index contributed by atoms with van der Waals surface area (Å²) < 4.78 is 5.41. The molecule has 0 saturated carbocycles. The second-order valence-corrected chi connectivity index (χ2v) is 4.70. The molecule has 1 atom stereocenters. The van der Waals surface area contributed by atoms with Crippen molar-refractivity contribution in [2.45, 2.75) is 38.6 Å². The van der Waals surface area contributed by atoms with Crippen LogP contribution in [0.5, 0.6) is 5.88 Å². The van der Waals surface area contributed by atoms with E-state index >= 15 is 0 Å². The van der Waals surface area contributed by atoms with E-state index in [0.29, 0.717) is 24.2 Å². The highest BCUT2D eigenvalue weighted by atomic mass is 16.5. The number of nitrogen functional groups attached to an aromatic ring is 1. The number of nitrogens with zero attached hydrogens (tertiary/aromatic N) is 3. The summed E-state index contributed by atoms with van der Waals surface area (Å²) in [5.41, 5.74) is 6.61. The van der Waals surface area contributed by atoms with Crippen LogP contribution < -0.4 is 15.4 Å². The second-order valence-electron chi connectivity index (χ2n) is 4.70. The molecule has 2 rings (SSSR count). The number of hydrogen-bond acceptors (Lipinski definition) is 6. The number of aromatic nitrogens is 2. The van der Waals surface area contributed by atoms with Gasteiger partial charge in [0, 0.05) is 19.2 Å². The van der Waals surface area contributed by atoms with Crippen molar-refractivity contribution in [3.8, 4) is 5.88 Å². The Bertz CT molecular complexity index is 414. The maximum Gasteiger partial charge on any atom is 0.242 e. The second kappa shape index (κ2) is 6.56. The van der Waals surface area contributed by atoms with Gasteiger partial charge >= 0.3 is 0 Å². The topological polar surface area (TPSA) is 84.5 Å². The Morgan fingerprint density at radius 3 is 3.11 bits per heavy atom. The maximum absolute atomic E-state index is 8.96. The standard InChI is InChI=1S/C13H22N4O2/c1-2-19-13-11(14)12(15-9-16-13)17-7-3-5-10(17)6-4-8-18/h9-10,18H,2-8,14H2,1H3. The molecule has 6 heteroatoms. The molecular weight excluding hydrogens is 244 g/mol. The van der Waals surface area contributed by atoms with Gasteiger partial charge in [-0.3, -0.25) is 0 Å². The van der Waals surface area contributed by atoms with Gasteiger partial charge in [-0.1, -0.05) is 0 Å². The zero-order valence-corrected chi connectivity index (χ0v) is 11.4. The third-order valence-electron chi connectivity index (χ3n) is 3.45. The highest BCUT2D eigenvalue weighted by Crippen LogP contribution is 2.33. The molecule has 6 nitrogen and oxygen atoms in total. The lowest BCUT2D eigenvalue weighted by molar-refractivity contribution is 0.279. The average molecular weight is 266 g/mol. The number of anilines is 2. The fourth-order valence-electron chi connectivity index (χ4n) is 2.59. The Labute approximate surface area is 113 Å². The minimum atomic E-state index is 0.230. The van der Waals surface area contributed by atoms with Gasteiger partial charge in [0.05, 0.1) is 6.61 Å². The van der Waals surface area contributed by atoms with Crippen molar-refractivity contribution in [1.82, 2.24) is 9.97 Å². The van der Waals surface area contributed by atoms with Gasteiger partial charge in [0.15, 0.2) is 5.82 Å². The third kappa shape index (κ3) is 3.07. The molecule has 1 aliphatic rings. The predicted molar refractivity (Wildman–Crippen MR) is 74.3 cm³/mol. The summed E-state index contributed by atoms with van der Waals surface area (Å²) >= 11 is 0. The van der Waals surface area contributed by atoms with Crippen LogP contribution in [0.1, 0.15) is 32.6 Å². The minimum absolute atomic E-state index is 0.230. The molecule has 0 bridgehead atoms. The Morgan fingerprint density at radius 2 is 2.37 bits per heavy atom. The van der Waals surface area contributed by atoms with Crippen molar-refractivity contribution >= 4 is 11.5 Å². The van der Waals surface area contributed by atoms with E-state index in [0.717, 1.165) is 38.0 Å². The van der Waals surface area contributed by atoms with E-state index in [1.54, 1.807) is 0 Å². The van der Waals surface area contributed by atoms with E-state index in [2.05, 4.69) is 14.9 Å². The monoisotopic (exact) mass is 266 g/mol. The lowest BCUT2D eigenvalue weighted by Crippen LogP contribution is -2.31. The van der Waals surface area contributed by atoms with Crippen LogP contribution in [0.4, 0.5) is 11.5 Å². The van der Waals surface area contributed by atoms with Crippen molar-refractivity contribution in [3.63, 3.8) is 0 Å². The first-order valence-corrected chi connectivity index (χ1v) is 6.88. The van der Waals surface area contributed by atoms with E-state index < -0.39 is 0 Å². The van der Waals surface area contributed by atoms with Gasteiger partial charge in [-0.25, -0.2) is 4.98 Å². The number of ether oxygens (including phenoxy) is 1. The minimum Gasteiger partial charge on any atom is -0.476 e. The molecule has 1 unspecified atom stereocenters. The van der Waals surface area contributed by atoms with Crippen LogP contribution in [0.3, 0.4) is 0 Å². The maximum atomic E-state index is 8.96. The van der Waals surface area contributed by atoms with Crippen molar-refractivity contribution in [2.75, 3.05) is 30.4 Å². The Balaban J connectivity index is 2.18. The van der Waals surface area contributed by atoms with Gasteiger partial charge in [0.25, 0.3) is 0 Å². The molecule has 0 aromatic carbocycles. The van der Waals surface area contributed by atoms with E-state index in [4.69, 9.17) is 15.6 Å². The summed E-state index contributed by atoms with van der Waals surface area (Å²) in [5.74, 6) is 1.22. The summed E-state index contributed by atoms with van der Waals surface area (Å²) in [6.07, 6.45) is 5.52. The molecule has 1 saturated heterocycles. The zero-order valence-electron chi connectivity index (χ0n) is 11.4. The first kappa shape index (κ1) is 13.9. The lowest BCUT2D eigenvalue weighted by Gasteiger charge is -2.26. The van der Waals surface area contributed by atoms with E-state index in [9.17, 15) is 0 Å². The highest BCUT2D eigenvalue weighted by molar-refractivity contribution is 5.68. The molecule has 19 heavy (non-hydrogen) atoms. The molecular formula is C13H22N4O2. The summed E-state index contributed by atoms with van der Waals surface area (Å²) in [6, 6.07) is 0.402. The van der Waals surface area contributed by atoms with Crippen molar-refractivity contribution in [1.29, 1.82) is 0 Å². The van der Waals surface area contributed by atoms with Gasteiger partial charge < -0.3 is 20.5 Å². The summed E-state index contributed by atoms with van der Waals surface area (Å²) in [6.45, 7) is 3.62. The van der Waals surface area contributed by atoms with Gasteiger partial charge in [-0.2, -0.15) is 4.98 Å². The van der Waals surface area contributed by atoms with Crippen LogP contribution in [-0.2, 0) is 0 Å². The van der Waals surface area contributed by atoms with Crippen LogP contribution in [0, 0.1) is 0 Å². The van der Waals surface area contributed by atoms with E-state index in [1.807, 2.05) is 6.92 Å². The number of aliphatic hydroxyl groups is 1. The van der Waals surface area contributed by atoms with Crippen molar-refractivity contribution < 1.29 is 9.84 Å². The van der Waals surface area contributed by atoms with E-state index in [-0.39, 0.29) is 6.61 Å². The molecule has 0 amide bonds. The molecule has 3 N–H and O–H groups in total. The van der Waals surface area contributed by atoms with Gasteiger partial charge in [0.1, 0.15) is 12.0 Å². The molecule has 0 aliphatic carbocycles. The molecule has 1 fully saturated rings. The molecule has 106 valence electrons. The summed E-state index contributed by atoms with van der Waals surface area (Å²) in [5, 5.41) is 8.96. The Hall–Kier alpha value is -1.56. The first-order valence-electron chi connectivity index (χ1n) is 6.88. The van der Waals surface area contributed by atoms with Crippen LogP contribution in [0.15, 0.2) is 6.33 Å². The summed E-state index contributed by atoms with van der Waals surface area (Å²) in [7, 11) is 0. The predicted octanol–water partition coefficient (Wildman–Crippen LogP) is 1.20. The van der Waals surface area contributed by atoms with Crippen LogP contribution in [0.25, 0.3) is 0 Å². The molecule has 2 heterocycles. The van der Waals surface area contributed by atoms with Gasteiger partial charge in [-0.05, 0) is 32.6 Å². The fraction of sp³-hybridized carbons (Fsp3) is 0.692. The molecule has 0 radical (unpaired) electrons. The van der Waals surface area contributed by atoms with Gasteiger partial charge in [0.2, 0.25) is 5.88 Å². The van der Waals surface area contributed by atoms with Crippen molar-refractivity contribution in [2.24, 2.45) is 0 Å². The Morgan fingerprint density at radius 1 is 1.53 bits per heavy atom. The van der Waals surface area contributed by atoms with Gasteiger partial charge in [-0.15, -0.1) is 0 Å². The number of rotatable bonds is 6. The SMILES string of the molecule is CCOc1ncnc(N2CCCC2CCCO)c1N. The smallest absolute Gasteiger partial charge is 0.242 e. The largest absolute Gasteiger partial charge is 0.476 e. The normalized spacial score (nSPS) is 18.8. The van der Waals surface area contributed by atoms with Crippen molar-refractivity contribution in [3.05, 3.63) is 6.33 Å². The molecule has 0 spiro atoms. The molecule has 1 aromatic heterocycles. The molecule has 1 aliphatic heterocycles. The zero-order chi connectivity index (χ0) is 13.7. The molecule has 1 aromatic rings. The lowest BCUT2D eigenvalue weighted by atomic mass is 10.1. The number of aliphatic hydroxyl groups excluding tert-OH is 1. The number of nitrogens with two attached hydrogens (primary N) is 1. The number of hydrogen-bond donors (Lipinski definition) is 2. The highest BCUT2D eigenvalue weighted by Gasteiger charge is 2.27. The third-order valence-corrected chi connectivity index (χ3v) is 3.45. The fourth-order valence-corrected chi connectivity index (χ4v) is 2.59. The van der Waals surface area contributed by atoms with Crippen LogP contribution >= 0.6 is 0 Å². The Kier molecular flexibility index (Phi) is 4.79. The quantitative estimate of drug-likeness (QED) is 0.805. The van der Waals surface area contributed by atoms with E-state index in [1.165, 1.54) is 6.33 Å². The average Bonchev–Trinajstić information content (AvgIpc) is 2.87. The van der Waals surface area contributed by atoms with Crippen LogP contribution in [0.2, 0.25) is 0 Å². The summed E-state index contributed by atoms with van der Waals surface area (Å²) in [4.78, 5) is 10.6. The first-order chi connectivity index (χ1) is 9.27. The van der Waals surface area contributed by atoms with Crippen LogP contribution in [-0.4, -0.2) is 40.9 Å².